The van der Waals surface area contributed by atoms with Gasteiger partial charge >= 0.3 is 0 Å². The lowest BCUT2D eigenvalue weighted by Crippen LogP contribution is -2.54. The van der Waals surface area contributed by atoms with Crippen molar-refractivity contribution in [2.45, 2.75) is 39.5 Å². The van der Waals surface area contributed by atoms with Gasteiger partial charge in [-0.2, -0.15) is 0 Å². The molecule has 4 nitrogen and oxygen atoms in total. The van der Waals surface area contributed by atoms with E-state index in [2.05, 4.69) is 60.9 Å². The lowest BCUT2D eigenvalue weighted by atomic mass is 9.74. The van der Waals surface area contributed by atoms with E-state index in [1.54, 1.807) is 18.4 Å². The maximum atomic E-state index is 13.0. The summed E-state index contributed by atoms with van der Waals surface area (Å²) in [4.78, 5) is 28.7. The van der Waals surface area contributed by atoms with Gasteiger partial charge < -0.3 is 10.2 Å². The van der Waals surface area contributed by atoms with E-state index in [0.29, 0.717) is 25.3 Å². The summed E-state index contributed by atoms with van der Waals surface area (Å²) in [6.07, 6.45) is 2.86. The fourth-order valence-corrected chi connectivity index (χ4v) is 4.89. The second-order valence-electron chi connectivity index (χ2n) is 8.23. The van der Waals surface area contributed by atoms with Gasteiger partial charge in [-0.3, -0.25) is 9.59 Å². The second kappa shape index (κ2) is 8.91. The molecule has 1 aliphatic heterocycles. The molecule has 1 aromatic carbocycles. The molecule has 0 bridgehead atoms. The largest absolute Gasteiger partial charge is 0.359 e. The highest BCUT2D eigenvalue weighted by atomic mass is 32.1. The van der Waals surface area contributed by atoms with Crippen LogP contribution in [0.3, 0.4) is 0 Å². The van der Waals surface area contributed by atoms with Crippen molar-refractivity contribution in [1.82, 2.24) is 10.2 Å². The number of hydrogen-bond acceptors (Lipinski definition) is 3. The highest BCUT2D eigenvalue weighted by Gasteiger charge is 2.43. The lowest BCUT2D eigenvalue weighted by Gasteiger charge is -2.42. The monoisotopic (exact) mass is 398 g/mol. The van der Waals surface area contributed by atoms with Gasteiger partial charge in [0.05, 0.1) is 5.41 Å². The van der Waals surface area contributed by atoms with Crippen molar-refractivity contribution in [3.8, 4) is 10.4 Å². The number of nitrogens with zero attached hydrogens (tertiary/aromatic N) is 1. The molecule has 0 aliphatic carbocycles. The molecule has 1 aromatic heterocycles. The number of amides is 2. The van der Waals surface area contributed by atoms with E-state index >= 15 is 0 Å². The zero-order valence-corrected chi connectivity index (χ0v) is 17.8. The average molecular weight is 399 g/mol. The van der Waals surface area contributed by atoms with Crippen molar-refractivity contribution in [2.24, 2.45) is 11.3 Å². The Morgan fingerprint density at radius 3 is 2.75 bits per heavy atom. The Hall–Kier alpha value is -2.14. The first-order valence-corrected chi connectivity index (χ1v) is 10.9. The predicted octanol–water partition coefficient (Wildman–Crippen LogP) is 4.36. The summed E-state index contributed by atoms with van der Waals surface area (Å²) in [6, 6.07) is 12.6. The number of carbonyl (C=O) groups is 2. The lowest BCUT2D eigenvalue weighted by molar-refractivity contribution is -0.141. The summed E-state index contributed by atoms with van der Waals surface area (Å²) in [5, 5.41) is 4.94. The van der Waals surface area contributed by atoms with E-state index in [4.69, 9.17) is 0 Å². The van der Waals surface area contributed by atoms with Crippen LogP contribution in [0.4, 0.5) is 0 Å². The quantitative estimate of drug-likeness (QED) is 0.786. The third-order valence-electron chi connectivity index (χ3n) is 5.50. The molecule has 2 amide bonds. The molecule has 2 heterocycles. The number of benzene rings is 1. The van der Waals surface area contributed by atoms with E-state index in [9.17, 15) is 9.59 Å². The second-order valence-corrected chi connectivity index (χ2v) is 9.18. The predicted molar refractivity (Wildman–Crippen MR) is 115 cm³/mol. The molecule has 150 valence electrons. The summed E-state index contributed by atoms with van der Waals surface area (Å²) in [5.41, 5.74) is 1.77. The summed E-state index contributed by atoms with van der Waals surface area (Å²) in [6.45, 7) is 5.37. The smallest absolute Gasteiger partial charge is 0.228 e. The summed E-state index contributed by atoms with van der Waals surface area (Å²) in [5.74, 6) is 0.526. The Balaban J connectivity index is 1.85. The molecule has 1 atom stereocenters. The Bertz CT molecular complexity index is 816. The fourth-order valence-electron chi connectivity index (χ4n) is 4.17. The maximum absolute atomic E-state index is 13.0. The van der Waals surface area contributed by atoms with Crippen LogP contribution in [0, 0.1) is 11.3 Å². The van der Waals surface area contributed by atoms with Crippen molar-refractivity contribution in [2.75, 3.05) is 20.1 Å². The van der Waals surface area contributed by atoms with Crippen LogP contribution in [0.2, 0.25) is 0 Å². The van der Waals surface area contributed by atoms with Crippen LogP contribution in [0.5, 0.6) is 0 Å². The SMILES string of the molecule is CNC(=O)[C@@]1(Cc2cccc(-c3cccs3)c2)CCCN(C(=O)CC(C)C)C1. The molecular formula is C23H30N2O2S. The molecule has 1 saturated heterocycles. The number of likely N-dealkylation sites (tertiary alicyclic amines) is 1. The normalized spacial score (nSPS) is 19.6. The number of hydrogen-bond donors (Lipinski definition) is 1. The molecule has 0 saturated carbocycles. The molecular weight excluding hydrogens is 368 g/mol. The van der Waals surface area contributed by atoms with E-state index in [-0.39, 0.29) is 11.8 Å². The molecule has 2 aromatic rings. The number of nitrogens with one attached hydrogen (secondary N) is 1. The molecule has 28 heavy (non-hydrogen) atoms. The molecule has 0 radical (unpaired) electrons. The third-order valence-corrected chi connectivity index (χ3v) is 6.42. The standard InChI is InChI=1S/C23H30N2O2S/c1-17(2)13-21(26)25-11-6-10-23(16-25,22(27)24-3)15-18-7-4-8-19(14-18)20-9-5-12-28-20/h4-5,7-9,12,14,17H,6,10-11,13,15-16H2,1-3H3,(H,24,27)/t23-/m1/s1. The van der Waals surface area contributed by atoms with Crippen LogP contribution < -0.4 is 5.32 Å². The van der Waals surface area contributed by atoms with Gasteiger partial charge in [0.2, 0.25) is 11.8 Å². The van der Waals surface area contributed by atoms with Crippen molar-refractivity contribution >= 4 is 23.2 Å². The van der Waals surface area contributed by atoms with Gasteiger partial charge in [0, 0.05) is 31.4 Å². The number of rotatable bonds is 6. The Morgan fingerprint density at radius 2 is 2.07 bits per heavy atom. The van der Waals surface area contributed by atoms with Gasteiger partial charge in [-0.1, -0.05) is 44.2 Å². The van der Waals surface area contributed by atoms with Gasteiger partial charge in [0.15, 0.2) is 0 Å². The number of thiophene rings is 1. The fraction of sp³-hybridized carbons (Fsp3) is 0.478. The first-order valence-electron chi connectivity index (χ1n) is 10.1. The van der Waals surface area contributed by atoms with Crippen LogP contribution >= 0.6 is 11.3 Å². The molecule has 1 aliphatic rings. The molecule has 3 rings (SSSR count). The van der Waals surface area contributed by atoms with E-state index in [0.717, 1.165) is 24.9 Å². The third kappa shape index (κ3) is 4.64. The Kier molecular flexibility index (Phi) is 6.55. The molecule has 5 heteroatoms. The Labute approximate surface area is 172 Å². The van der Waals surface area contributed by atoms with Gasteiger partial charge in [0.1, 0.15) is 0 Å². The van der Waals surface area contributed by atoms with Crippen LogP contribution in [-0.4, -0.2) is 36.9 Å². The molecule has 1 fully saturated rings. The highest BCUT2D eigenvalue weighted by molar-refractivity contribution is 7.13. The van der Waals surface area contributed by atoms with Gasteiger partial charge in [-0.25, -0.2) is 0 Å². The Morgan fingerprint density at radius 1 is 1.25 bits per heavy atom. The topological polar surface area (TPSA) is 49.4 Å². The van der Waals surface area contributed by atoms with E-state index < -0.39 is 5.41 Å². The van der Waals surface area contributed by atoms with Crippen molar-refractivity contribution < 1.29 is 9.59 Å². The van der Waals surface area contributed by atoms with Gasteiger partial charge in [-0.05, 0) is 47.8 Å². The summed E-state index contributed by atoms with van der Waals surface area (Å²) >= 11 is 1.72. The van der Waals surface area contributed by atoms with Crippen molar-refractivity contribution in [3.05, 3.63) is 47.3 Å². The minimum atomic E-state index is -0.562. The van der Waals surface area contributed by atoms with Crippen LogP contribution in [0.15, 0.2) is 41.8 Å². The average Bonchev–Trinajstić information content (AvgIpc) is 3.22. The highest BCUT2D eigenvalue weighted by Crippen LogP contribution is 2.36. The minimum absolute atomic E-state index is 0.0380. The first kappa shape index (κ1) is 20.6. The number of piperidine rings is 1. The van der Waals surface area contributed by atoms with Gasteiger partial charge in [-0.15, -0.1) is 11.3 Å². The van der Waals surface area contributed by atoms with E-state index in [1.165, 1.54) is 10.4 Å². The van der Waals surface area contributed by atoms with Crippen molar-refractivity contribution in [3.63, 3.8) is 0 Å². The van der Waals surface area contributed by atoms with Crippen LogP contribution in [-0.2, 0) is 16.0 Å². The zero-order chi connectivity index (χ0) is 20.1. The molecule has 0 unspecified atom stereocenters. The first-order chi connectivity index (χ1) is 13.4. The van der Waals surface area contributed by atoms with Crippen LogP contribution in [0.25, 0.3) is 10.4 Å². The number of carbonyl (C=O) groups excluding carboxylic acids is 2. The molecule has 1 N–H and O–H groups in total. The van der Waals surface area contributed by atoms with Gasteiger partial charge in [0.25, 0.3) is 0 Å². The van der Waals surface area contributed by atoms with Crippen molar-refractivity contribution in [1.29, 1.82) is 0 Å². The zero-order valence-electron chi connectivity index (χ0n) is 17.0. The maximum Gasteiger partial charge on any atom is 0.228 e. The van der Waals surface area contributed by atoms with E-state index in [1.807, 2.05) is 4.90 Å². The molecule has 0 spiro atoms. The summed E-state index contributed by atoms with van der Waals surface area (Å²) in [7, 11) is 1.70. The van der Waals surface area contributed by atoms with Crippen LogP contribution in [0.1, 0.15) is 38.7 Å². The summed E-state index contributed by atoms with van der Waals surface area (Å²) < 4.78 is 0. The minimum Gasteiger partial charge on any atom is -0.359 e.